The molecule has 1 heterocycles. The molecule has 24 heavy (non-hydrogen) atoms. The van der Waals surface area contributed by atoms with E-state index in [1.54, 1.807) is 17.0 Å². The molecule has 2 aromatic carbocycles. The molecule has 1 aliphatic rings. The molecule has 0 N–H and O–H groups in total. The number of benzene rings is 2. The Hall–Kier alpha value is -2.96. The number of non-ortho nitro benzene ring substituents is 1. The van der Waals surface area contributed by atoms with Gasteiger partial charge in [0.25, 0.3) is 5.69 Å². The van der Waals surface area contributed by atoms with Gasteiger partial charge in [0.05, 0.1) is 11.0 Å². The number of carbonyl (C=O) groups excluding carboxylic acids is 1. The van der Waals surface area contributed by atoms with Gasteiger partial charge in [-0.05, 0) is 42.7 Å². The highest BCUT2D eigenvalue weighted by molar-refractivity contribution is 5.71. The molecule has 1 amide bonds. The zero-order chi connectivity index (χ0) is 17.1. The van der Waals surface area contributed by atoms with Gasteiger partial charge in [-0.1, -0.05) is 12.1 Å². The topological polar surface area (TPSA) is 72.7 Å². The van der Waals surface area contributed by atoms with E-state index in [1.807, 2.05) is 0 Å². The highest BCUT2D eigenvalue weighted by atomic mass is 19.1. The molecule has 1 saturated heterocycles. The molecule has 7 heteroatoms. The number of amides is 1. The van der Waals surface area contributed by atoms with E-state index in [4.69, 9.17) is 4.74 Å². The first-order chi connectivity index (χ1) is 11.5. The Labute approximate surface area is 137 Å². The van der Waals surface area contributed by atoms with E-state index < -0.39 is 11.0 Å². The Morgan fingerprint density at radius 1 is 1.17 bits per heavy atom. The molecule has 0 unspecified atom stereocenters. The van der Waals surface area contributed by atoms with Crippen molar-refractivity contribution in [2.75, 3.05) is 6.54 Å². The van der Waals surface area contributed by atoms with Crippen LogP contribution in [0.25, 0.3) is 0 Å². The van der Waals surface area contributed by atoms with Gasteiger partial charge < -0.3 is 9.64 Å². The summed E-state index contributed by atoms with van der Waals surface area (Å²) in [5.41, 5.74) is 0.787. The number of rotatable bonds is 3. The van der Waals surface area contributed by atoms with Crippen molar-refractivity contribution in [3.05, 3.63) is 70.0 Å². The van der Waals surface area contributed by atoms with Crippen molar-refractivity contribution in [3.63, 3.8) is 0 Å². The van der Waals surface area contributed by atoms with E-state index in [-0.39, 0.29) is 23.3 Å². The van der Waals surface area contributed by atoms with Crippen molar-refractivity contribution in [1.29, 1.82) is 0 Å². The maximum atomic E-state index is 13.1. The maximum absolute atomic E-state index is 13.1. The SMILES string of the molecule is O=C(Oc1ccc([N+](=O)[O-])cc1)N1CCC[C@H]1c1ccc(F)cc1. The number of likely N-dealkylation sites (tertiary alicyclic amines) is 1. The minimum atomic E-state index is -0.518. The Morgan fingerprint density at radius 3 is 2.46 bits per heavy atom. The molecule has 2 aromatic rings. The normalized spacial score (nSPS) is 16.9. The summed E-state index contributed by atoms with van der Waals surface area (Å²) in [4.78, 5) is 24.1. The number of nitro groups is 1. The molecule has 124 valence electrons. The minimum absolute atomic E-state index is 0.0693. The Balaban J connectivity index is 1.71. The third kappa shape index (κ3) is 3.34. The van der Waals surface area contributed by atoms with Crippen LogP contribution < -0.4 is 4.74 Å². The summed E-state index contributed by atoms with van der Waals surface area (Å²) >= 11 is 0. The zero-order valence-corrected chi connectivity index (χ0v) is 12.7. The molecule has 1 atom stereocenters. The predicted octanol–water partition coefficient (Wildman–Crippen LogP) is 4.07. The molecule has 0 saturated carbocycles. The highest BCUT2D eigenvalue weighted by Gasteiger charge is 2.31. The van der Waals surface area contributed by atoms with Crippen LogP contribution in [0.5, 0.6) is 5.75 Å². The molecular weight excluding hydrogens is 315 g/mol. The molecular formula is C17H15FN2O4. The van der Waals surface area contributed by atoms with Crippen LogP contribution in [0.15, 0.2) is 48.5 Å². The van der Waals surface area contributed by atoms with E-state index in [0.717, 1.165) is 18.4 Å². The summed E-state index contributed by atoms with van der Waals surface area (Å²) in [5, 5.41) is 10.6. The van der Waals surface area contributed by atoms with Crippen molar-refractivity contribution in [2.45, 2.75) is 18.9 Å². The summed E-state index contributed by atoms with van der Waals surface area (Å²) in [7, 11) is 0. The van der Waals surface area contributed by atoms with Crippen molar-refractivity contribution in [2.24, 2.45) is 0 Å². The number of carbonyl (C=O) groups is 1. The molecule has 0 radical (unpaired) electrons. The average Bonchev–Trinajstić information content (AvgIpc) is 3.06. The van der Waals surface area contributed by atoms with E-state index >= 15 is 0 Å². The predicted molar refractivity (Wildman–Crippen MR) is 84.2 cm³/mol. The van der Waals surface area contributed by atoms with Gasteiger partial charge in [-0.15, -0.1) is 0 Å². The van der Waals surface area contributed by atoms with Gasteiger partial charge in [0.2, 0.25) is 0 Å². The number of nitro benzene ring substituents is 1. The summed E-state index contributed by atoms with van der Waals surface area (Å²) in [6, 6.07) is 11.2. The van der Waals surface area contributed by atoms with Crippen molar-refractivity contribution < 1.29 is 18.8 Å². The number of nitrogens with zero attached hydrogens (tertiary/aromatic N) is 2. The van der Waals surface area contributed by atoms with Gasteiger partial charge in [0, 0.05) is 18.7 Å². The summed E-state index contributed by atoms with van der Waals surface area (Å²) in [6.45, 7) is 0.549. The fraction of sp³-hybridized carbons (Fsp3) is 0.235. The van der Waals surface area contributed by atoms with Gasteiger partial charge in [-0.2, -0.15) is 0 Å². The second-order valence-corrected chi connectivity index (χ2v) is 5.52. The van der Waals surface area contributed by atoms with Crippen LogP contribution in [0.1, 0.15) is 24.4 Å². The Bertz CT molecular complexity index is 746. The van der Waals surface area contributed by atoms with Crippen LogP contribution in [0, 0.1) is 15.9 Å². The molecule has 0 aliphatic carbocycles. The number of hydrogen-bond donors (Lipinski definition) is 0. The monoisotopic (exact) mass is 330 g/mol. The number of halogens is 1. The minimum Gasteiger partial charge on any atom is -0.410 e. The smallest absolute Gasteiger partial charge is 0.410 e. The largest absolute Gasteiger partial charge is 0.415 e. The van der Waals surface area contributed by atoms with Crippen molar-refractivity contribution in [1.82, 2.24) is 4.90 Å². The van der Waals surface area contributed by atoms with Crippen LogP contribution in [0.4, 0.5) is 14.9 Å². The third-order valence-electron chi connectivity index (χ3n) is 3.99. The van der Waals surface area contributed by atoms with Crippen LogP contribution in [0.3, 0.4) is 0 Å². The lowest BCUT2D eigenvalue weighted by Crippen LogP contribution is -2.33. The van der Waals surface area contributed by atoms with Crippen LogP contribution in [0.2, 0.25) is 0 Å². The second kappa shape index (κ2) is 6.66. The molecule has 0 spiro atoms. The standard InChI is InChI=1S/C17H15FN2O4/c18-13-5-3-12(4-6-13)16-2-1-11-19(16)17(21)24-15-9-7-14(8-10-15)20(22)23/h3-10,16H,1-2,11H2/t16-/m0/s1. The molecule has 3 rings (SSSR count). The third-order valence-corrected chi connectivity index (χ3v) is 3.99. The lowest BCUT2D eigenvalue weighted by Gasteiger charge is -2.24. The lowest BCUT2D eigenvalue weighted by molar-refractivity contribution is -0.384. The van der Waals surface area contributed by atoms with E-state index in [2.05, 4.69) is 0 Å². The maximum Gasteiger partial charge on any atom is 0.415 e. The van der Waals surface area contributed by atoms with E-state index in [9.17, 15) is 19.3 Å². The van der Waals surface area contributed by atoms with Gasteiger partial charge in [0.1, 0.15) is 11.6 Å². The quantitative estimate of drug-likeness (QED) is 0.628. The summed E-state index contributed by atoms with van der Waals surface area (Å²) in [5.74, 6) is -0.0768. The summed E-state index contributed by atoms with van der Waals surface area (Å²) < 4.78 is 18.4. The summed E-state index contributed by atoms with van der Waals surface area (Å²) in [6.07, 6.45) is 1.09. The number of ether oxygens (including phenoxy) is 1. The van der Waals surface area contributed by atoms with Gasteiger partial charge in [-0.25, -0.2) is 9.18 Å². The van der Waals surface area contributed by atoms with Crippen LogP contribution in [-0.2, 0) is 0 Å². The van der Waals surface area contributed by atoms with Gasteiger partial charge >= 0.3 is 6.09 Å². The first-order valence-electron chi connectivity index (χ1n) is 7.53. The first kappa shape index (κ1) is 15.9. The fourth-order valence-electron chi connectivity index (χ4n) is 2.81. The van der Waals surface area contributed by atoms with E-state index in [0.29, 0.717) is 6.54 Å². The molecule has 0 aromatic heterocycles. The molecule has 1 fully saturated rings. The number of hydrogen-bond acceptors (Lipinski definition) is 4. The molecule has 6 nitrogen and oxygen atoms in total. The van der Waals surface area contributed by atoms with Crippen LogP contribution >= 0.6 is 0 Å². The van der Waals surface area contributed by atoms with E-state index in [1.165, 1.54) is 36.4 Å². The Morgan fingerprint density at radius 2 is 1.83 bits per heavy atom. The molecule has 1 aliphatic heterocycles. The van der Waals surface area contributed by atoms with Crippen LogP contribution in [-0.4, -0.2) is 22.5 Å². The Kier molecular flexibility index (Phi) is 4.41. The van der Waals surface area contributed by atoms with Crippen molar-refractivity contribution in [3.8, 4) is 5.75 Å². The molecule has 0 bridgehead atoms. The second-order valence-electron chi connectivity index (χ2n) is 5.52. The fourth-order valence-corrected chi connectivity index (χ4v) is 2.81. The highest BCUT2D eigenvalue weighted by Crippen LogP contribution is 2.32. The van der Waals surface area contributed by atoms with Crippen molar-refractivity contribution >= 4 is 11.8 Å². The lowest BCUT2D eigenvalue weighted by atomic mass is 10.0. The zero-order valence-electron chi connectivity index (χ0n) is 12.7. The first-order valence-corrected chi connectivity index (χ1v) is 7.53. The van der Waals surface area contributed by atoms with Gasteiger partial charge in [-0.3, -0.25) is 10.1 Å². The average molecular weight is 330 g/mol. The van der Waals surface area contributed by atoms with Gasteiger partial charge in [0.15, 0.2) is 0 Å².